The molecule has 0 N–H and O–H groups in total. The van der Waals surface area contributed by atoms with E-state index in [-0.39, 0.29) is 18.0 Å². The van der Waals surface area contributed by atoms with Gasteiger partial charge in [0.25, 0.3) is 0 Å². The molecule has 10 heavy (non-hydrogen) atoms. The van der Waals surface area contributed by atoms with Crippen molar-refractivity contribution in [3.05, 3.63) is 12.2 Å². The molecule has 0 bridgehead atoms. The maximum absolute atomic E-state index is 10.8. The summed E-state index contributed by atoms with van der Waals surface area (Å²) in [5.41, 5.74) is 0.426. The molecule has 0 radical (unpaired) electrons. The molecule has 0 unspecified atom stereocenters. The number of hydrogen-bond donors (Lipinski definition) is 0. The number of carbonyl (C=O) groups is 2. The Kier molecular flexibility index (Phi) is 3.62. The molecule has 0 saturated heterocycles. The first-order valence-electron chi connectivity index (χ1n) is 3.28. The van der Waals surface area contributed by atoms with E-state index in [9.17, 15) is 9.59 Å². The zero-order valence-electron chi connectivity index (χ0n) is 6.44. The van der Waals surface area contributed by atoms with Crippen molar-refractivity contribution in [3.63, 3.8) is 0 Å². The smallest absolute Gasteiger partial charge is 0.158 e. The molecule has 2 heteroatoms. The number of allylic oxidation sites excluding steroid dienone is 1. The largest absolute Gasteiger partial charge is 0.300 e. The van der Waals surface area contributed by atoms with Crippen LogP contribution in [0, 0.1) is 0 Å². The molecular formula is C8H12O2. The minimum atomic E-state index is -0.0183. The molecule has 0 rings (SSSR count). The van der Waals surface area contributed by atoms with Crippen molar-refractivity contribution >= 4 is 11.6 Å². The van der Waals surface area contributed by atoms with Crippen LogP contribution < -0.4 is 0 Å². The Labute approximate surface area is 60.9 Å². The van der Waals surface area contributed by atoms with Gasteiger partial charge in [-0.15, -0.1) is 0 Å². The second-order valence-corrected chi connectivity index (χ2v) is 2.26. The van der Waals surface area contributed by atoms with Gasteiger partial charge in [0.1, 0.15) is 5.78 Å². The summed E-state index contributed by atoms with van der Waals surface area (Å²) in [5, 5.41) is 0. The van der Waals surface area contributed by atoms with E-state index in [0.29, 0.717) is 12.0 Å². The molecule has 0 saturated carbocycles. The lowest BCUT2D eigenvalue weighted by Crippen LogP contribution is -2.03. The maximum Gasteiger partial charge on any atom is 0.158 e. The third-order valence-electron chi connectivity index (χ3n) is 1.18. The van der Waals surface area contributed by atoms with Crippen molar-refractivity contribution in [1.82, 2.24) is 0 Å². The third kappa shape index (κ3) is 3.17. The highest BCUT2D eigenvalue weighted by atomic mass is 16.1. The van der Waals surface area contributed by atoms with E-state index in [1.165, 1.54) is 6.92 Å². The lowest BCUT2D eigenvalue weighted by atomic mass is 10.1. The highest BCUT2D eigenvalue weighted by molar-refractivity contribution is 5.99. The molecule has 0 amide bonds. The van der Waals surface area contributed by atoms with E-state index in [1.807, 2.05) is 0 Å². The van der Waals surface area contributed by atoms with E-state index in [0.717, 1.165) is 0 Å². The molecule has 0 aromatic carbocycles. The Morgan fingerprint density at radius 1 is 1.40 bits per heavy atom. The molecular weight excluding hydrogens is 128 g/mol. The van der Waals surface area contributed by atoms with Gasteiger partial charge < -0.3 is 0 Å². The Morgan fingerprint density at radius 3 is 2.20 bits per heavy atom. The average Bonchev–Trinajstić information content (AvgIpc) is 1.85. The predicted octanol–water partition coefficient (Wildman–Crippen LogP) is 1.50. The zero-order valence-corrected chi connectivity index (χ0v) is 6.44. The standard InChI is InChI=1S/C8H12O2/c1-4-8(10)6(2)5-7(3)9/h2,4-5H2,1,3H3. The summed E-state index contributed by atoms with van der Waals surface area (Å²) < 4.78 is 0. The minimum absolute atomic E-state index is 0.00759. The van der Waals surface area contributed by atoms with Gasteiger partial charge in [0.15, 0.2) is 5.78 Å². The number of carbonyl (C=O) groups excluding carboxylic acids is 2. The van der Waals surface area contributed by atoms with Crippen LogP contribution in [0.5, 0.6) is 0 Å². The molecule has 2 nitrogen and oxygen atoms in total. The first kappa shape index (κ1) is 9.08. The summed E-state index contributed by atoms with van der Waals surface area (Å²) in [6.45, 7) is 6.71. The summed E-state index contributed by atoms with van der Waals surface area (Å²) in [7, 11) is 0. The monoisotopic (exact) mass is 140 g/mol. The van der Waals surface area contributed by atoms with E-state index in [2.05, 4.69) is 6.58 Å². The fourth-order valence-corrected chi connectivity index (χ4v) is 0.649. The van der Waals surface area contributed by atoms with Crippen molar-refractivity contribution in [2.75, 3.05) is 0 Å². The van der Waals surface area contributed by atoms with Gasteiger partial charge in [0.05, 0.1) is 0 Å². The normalized spacial score (nSPS) is 9.00. The molecule has 0 heterocycles. The molecule has 0 aliphatic rings. The Hall–Kier alpha value is -0.920. The van der Waals surface area contributed by atoms with Gasteiger partial charge in [-0.05, 0) is 12.5 Å². The molecule has 0 aliphatic heterocycles. The summed E-state index contributed by atoms with van der Waals surface area (Å²) in [4.78, 5) is 21.3. The molecule has 0 fully saturated rings. The third-order valence-corrected chi connectivity index (χ3v) is 1.18. The van der Waals surface area contributed by atoms with Gasteiger partial charge in [-0.3, -0.25) is 9.59 Å². The SMILES string of the molecule is C=C(CC(C)=O)C(=O)CC. The van der Waals surface area contributed by atoms with E-state index in [4.69, 9.17) is 0 Å². The quantitative estimate of drug-likeness (QED) is 0.554. The van der Waals surface area contributed by atoms with Crippen molar-refractivity contribution < 1.29 is 9.59 Å². The first-order valence-corrected chi connectivity index (χ1v) is 3.28. The van der Waals surface area contributed by atoms with Crippen LogP contribution in [-0.4, -0.2) is 11.6 Å². The molecule has 0 aliphatic carbocycles. The van der Waals surface area contributed by atoms with Gasteiger partial charge in [-0.1, -0.05) is 13.5 Å². The van der Waals surface area contributed by atoms with Crippen molar-refractivity contribution in [3.8, 4) is 0 Å². The second-order valence-electron chi connectivity index (χ2n) is 2.26. The lowest BCUT2D eigenvalue weighted by molar-refractivity contribution is -0.119. The van der Waals surface area contributed by atoms with E-state index >= 15 is 0 Å². The Morgan fingerprint density at radius 2 is 1.90 bits per heavy atom. The summed E-state index contributed by atoms with van der Waals surface area (Å²) in [5.74, 6) is -0.0259. The minimum Gasteiger partial charge on any atom is -0.300 e. The van der Waals surface area contributed by atoms with Crippen LogP contribution in [-0.2, 0) is 9.59 Å². The fraction of sp³-hybridized carbons (Fsp3) is 0.500. The van der Waals surface area contributed by atoms with Crippen molar-refractivity contribution in [2.45, 2.75) is 26.7 Å². The Bertz CT molecular complexity index is 168. The van der Waals surface area contributed by atoms with E-state index < -0.39 is 0 Å². The first-order chi connectivity index (χ1) is 4.57. The molecule has 0 aromatic heterocycles. The highest BCUT2D eigenvalue weighted by Gasteiger charge is 2.05. The van der Waals surface area contributed by atoms with Crippen LogP contribution in [0.15, 0.2) is 12.2 Å². The van der Waals surface area contributed by atoms with Gasteiger partial charge in [0.2, 0.25) is 0 Å². The summed E-state index contributed by atoms with van der Waals surface area (Å²) >= 11 is 0. The Balaban J connectivity index is 3.86. The topological polar surface area (TPSA) is 34.1 Å². The van der Waals surface area contributed by atoms with Crippen LogP contribution in [0.4, 0.5) is 0 Å². The van der Waals surface area contributed by atoms with Gasteiger partial charge in [0, 0.05) is 12.8 Å². The average molecular weight is 140 g/mol. The summed E-state index contributed by atoms with van der Waals surface area (Å²) in [6, 6.07) is 0. The maximum atomic E-state index is 10.8. The summed E-state index contributed by atoms with van der Waals surface area (Å²) in [6.07, 6.45) is 0.638. The molecule has 0 spiro atoms. The van der Waals surface area contributed by atoms with Crippen molar-refractivity contribution in [2.24, 2.45) is 0 Å². The number of rotatable bonds is 4. The van der Waals surface area contributed by atoms with Gasteiger partial charge in [-0.2, -0.15) is 0 Å². The molecule has 0 atom stereocenters. The van der Waals surface area contributed by atoms with Crippen LogP contribution >= 0.6 is 0 Å². The fourth-order valence-electron chi connectivity index (χ4n) is 0.649. The van der Waals surface area contributed by atoms with Crippen LogP contribution in [0.3, 0.4) is 0 Å². The molecule has 0 aromatic rings. The highest BCUT2D eigenvalue weighted by Crippen LogP contribution is 2.02. The van der Waals surface area contributed by atoms with Crippen LogP contribution in [0.25, 0.3) is 0 Å². The van der Waals surface area contributed by atoms with Gasteiger partial charge in [-0.25, -0.2) is 0 Å². The van der Waals surface area contributed by atoms with E-state index in [1.54, 1.807) is 6.92 Å². The molecule has 56 valence electrons. The lowest BCUT2D eigenvalue weighted by Gasteiger charge is -1.97. The number of hydrogen-bond acceptors (Lipinski definition) is 2. The zero-order chi connectivity index (χ0) is 8.15. The number of Topliss-reactive ketones (excluding diaryl/α,β-unsaturated/α-hetero) is 2. The van der Waals surface area contributed by atoms with Gasteiger partial charge >= 0.3 is 0 Å². The predicted molar refractivity (Wildman–Crippen MR) is 39.7 cm³/mol. The van der Waals surface area contributed by atoms with Crippen LogP contribution in [0.1, 0.15) is 26.7 Å². The van der Waals surface area contributed by atoms with Crippen molar-refractivity contribution in [1.29, 1.82) is 0 Å². The van der Waals surface area contributed by atoms with Crippen LogP contribution in [0.2, 0.25) is 0 Å². The second kappa shape index (κ2) is 3.99. The number of ketones is 2.